The Morgan fingerprint density at radius 3 is 2.57 bits per heavy atom. The SMILES string of the molecule is Cc1ccc(CNC(=O)c2ccc(Br)cc2C(F)(F)F)s1. The Morgan fingerprint density at radius 1 is 1.29 bits per heavy atom. The molecule has 0 aliphatic heterocycles. The van der Waals surface area contributed by atoms with Gasteiger partial charge in [-0.05, 0) is 37.3 Å². The van der Waals surface area contributed by atoms with E-state index in [1.165, 1.54) is 23.5 Å². The lowest BCUT2D eigenvalue weighted by Crippen LogP contribution is -2.25. The van der Waals surface area contributed by atoms with Crippen LogP contribution in [0.2, 0.25) is 0 Å². The Hall–Kier alpha value is -1.34. The zero-order valence-corrected chi connectivity index (χ0v) is 13.3. The third-order valence-electron chi connectivity index (χ3n) is 2.75. The molecule has 21 heavy (non-hydrogen) atoms. The van der Waals surface area contributed by atoms with Gasteiger partial charge in [-0.2, -0.15) is 13.2 Å². The average Bonchev–Trinajstić information content (AvgIpc) is 2.81. The standard InChI is InChI=1S/C14H11BrF3NOS/c1-8-2-4-10(21-8)7-19-13(20)11-5-3-9(15)6-12(11)14(16,17)18/h2-6H,7H2,1H3,(H,19,20). The third-order valence-corrected chi connectivity index (χ3v) is 4.24. The summed E-state index contributed by atoms with van der Waals surface area (Å²) in [6.45, 7) is 2.14. The second-order valence-electron chi connectivity index (χ2n) is 4.38. The first-order valence-electron chi connectivity index (χ1n) is 5.97. The molecule has 2 aromatic rings. The number of carbonyl (C=O) groups is 1. The maximum absolute atomic E-state index is 13.0. The molecule has 1 heterocycles. The van der Waals surface area contributed by atoms with Crippen molar-refractivity contribution in [3.8, 4) is 0 Å². The van der Waals surface area contributed by atoms with Crippen LogP contribution in [-0.4, -0.2) is 5.91 Å². The first-order valence-corrected chi connectivity index (χ1v) is 7.58. The second-order valence-corrected chi connectivity index (χ2v) is 6.67. The fourth-order valence-corrected chi connectivity index (χ4v) is 2.98. The van der Waals surface area contributed by atoms with Crippen LogP contribution < -0.4 is 5.32 Å². The molecule has 1 aromatic carbocycles. The van der Waals surface area contributed by atoms with Crippen molar-refractivity contribution >= 4 is 33.2 Å². The molecule has 1 N–H and O–H groups in total. The van der Waals surface area contributed by atoms with Gasteiger partial charge in [0.25, 0.3) is 5.91 Å². The molecule has 0 aliphatic rings. The Bertz CT molecular complexity index is 666. The normalized spacial score (nSPS) is 11.5. The number of amides is 1. The molecule has 1 aromatic heterocycles. The minimum Gasteiger partial charge on any atom is -0.347 e. The van der Waals surface area contributed by atoms with Crippen LogP contribution in [0.25, 0.3) is 0 Å². The monoisotopic (exact) mass is 377 g/mol. The van der Waals surface area contributed by atoms with Gasteiger partial charge in [0.15, 0.2) is 0 Å². The molecule has 0 fully saturated rings. The molecule has 1 amide bonds. The van der Waals surface area contributed by atoms with E-state index in [2.05, 4.69) is 21.2 Å². The van der Waals surface area contributed by atoms with E-state index >= 15 is 0 Å². The Morgan fingerprint density at radius 2 is 2.00 bits per heavy atom. The lowest BCUT2D eigenvalue weighted by molar-refractivity contribution is -0.138. The van der Waals surface area contributed by atoms with Crippen molar-refractivity contribution in [3.63, 3.8) is 0 Å². The quantitative estimate of drug-likeness (QED) is 0.819. The lowest BCUT2D eigenvalue weighted by atomic mass is 10.1. The van der Waals surface area contributed by atoms with Gasteiger partial charge in [-0.1, -0.05) is 15.9 Å². The molecule has 2 nitrogen and oxygen atoms in total. The van der Waals surface area contributed by atoms with Crippen molar-refractivity contribution in [1.82, 2.24) is 5.32 Å². The summed E-state index contributed by atoms with van der Waals surface area (Å²) in [6.07, 6.45) is -4.57. The number of rotatable bonds is 3. The van der Waals surface area contributed by atoms with E-state index in [4.69, 9.17) is 0 Å². The Balaban J connectivity index is 2.19. The summed E-state index contributed by atoms with van der Waals surface area (Å²) in [6, 6.07) is 7.23. The molecular formula is C14H11BrF3NOS. The van der Waals surface area contributed by atoms with Gasteiger partial charge in [0.1, 0.15) is 0 Å². The second kappa shape index (κ2) is 6.19. The van der Waals surface area contributed by atoms with E-state index in [0.29, 0.717) is 0 Å². The number of aryl methyl sites for hydroxylation is 1. The van der Waals surface area contributed by atoms with Crippen LogP contribution in [0.5, 0.6) is 0 Å². The summed E-state index contributed by atoms with van der Waals surface area (Å²) in [7, 11) is 0. The maximum atomic E-state index is 13.0. The summed E-state index contributed by atoms with van der Waals surface area (Å²) in [5, 5.41) is 2.52. The maximum Gasteiger partial charge on any atom is 0.417 e. The molecule has 2 rings (SSSR count). The molecule has 7 heteroatoms. The molecule has 0 radical (unpaired) electrons. The largest absolute Gasteiger partial charge is 0.417 e. The number of nitrogens with one attached hydrogen (secondary N) is 1. The minimum absolute atomic E-state index is 0.213. The van der Waals surface area contributed by atoms with E-state index in [1.807, 2.05) is 19.1 Å². The van der Waals surface area contributed by atoms with Crippen LogP contribution in [0.3, 0.4) is 0 Å². The number of hydrogen-bond donors (Lipinski definition) is 1. The first kappa shape index (κ1) is 16.0. The zero-order chi connectivity index (χ0) is 15.6. The van der Waals surface area contributed by atoms with E-state index in [0.717, 1.165) is 15.8 Å². The number of carbonyl (C=O) groups excluding carboxylic acids is 1. The molecule has 0 bridgehead atoms. The highest BCUT2D eigenvalue weighted by Gasteiger charge is 2.35. The molecule has 0 atom stereocenters. The minimum atomic E-state index is -4.57. The summed E-state index contributed by atoms with van der Waals surface area (Å²) in [4.78, 5) is 14.0. The van der Waals surface area contributed by atoms with Crippen LogP contribution >= 0.6 is 27.3 Å². The molecular weight excluding hydrogens is 367 g/mol. The van der Waals surface area contributed by atoms with Crippen molar-refractivity contribution < 1.29 is 18.0 Å². The Kier molecular flexibility index (Phi) is 4.73. The molecule has 0 saturated carbocycles. The topological polar surface area (TPSA) is 29.1 Å². The highest BCUT2D eigenvalue weighted by atomic mass is 79.9. The van der Waals surface area contributed by atoms with Crippen molar-refractivity contribution in [2.45, 2.75) is 19.6 Å². The van der Waals surface area contributed by atoms with Crippen LogP contribution in [-0.2, 0) is 12.7 Å². The Labute approximate surface area is 132 Å². The molecule has 0 aliphatic carbocycles. The highest BCUT2D eigenvalue weighted by molar-refractivity contribution is 9.10. The fourth-order valence-electron chi connectivity index (χ4n) is 1.79. The number of alkyl halides is 3. The van der Waals surface area contributed by atoms with Crippen LogP contribution in [0.4, 0.5) is 13.2 Å². The smallest absolute Gasteiger partial charge is 0.347 e. The summed E-state index contributed by atoms with van der Waals surface area (Å²) >= 11 is 4.48. The highest BCUT2D eigenvalue weighted by Crippen LogP contribution is 2.33. The van der Waals surface area contributed by atoms with Crippen LogP contribution in [0.15, 0.2) is 34.8 Å². The van der Waals surface area contributed by atoms with E-state index in [1.54, 1.807) is 0 Å². The molecule has 0 saturated heterocycles. The molecule has 0 spiro atoms. The van der Waals surface area contributed by atoms with Crippen LogP contribution in [0, 0.1) is 6.92 Å². The van der Waals surface area contributed by atoms with Gasteiger partial charge in [0.2, 0.25) is 0 Å². The molecule has 112 valence electrons. The average molecular weight is 378 g/mol. The first-order chi connectivity index (χ1) is 9.77. The summed E-state index contributed by atoms with van der Waals surface area (Å²) < 4.78 is 39.1. The summed E-state index contributed by atoms with van der Waals surface area (Å²) in [5.41, 5.74) is -1.32. The van der Waals surface area contributed by atoms with Gasteiger partial charge < -0.3 is 5.32 Å². The fraction of sp³-hybridized carbons (Fsp3) is 0.214. The van der Waals surface area contributed by atoms with Gasteiger partial charge >= 0.3 is 6.18 Å². The van der Waals surface area contributed by atoms with Crippen molar-refractivity contribution in [1.29, 1.82) is 0 Å². The van der Waals surface area contributed by atoms with Crippen molar-refractivity contribution in [2.24, 2.45) is 0 Å². The van der Waals surface area contributed by atoms with Crippen molar-refractivity contribution in [2.75, 3.05) is 0 Å². The third kappa shape index (κ3) is 4.07. The van der Waals surface area contributed by atoms with Gasteiger partial charge in [-0.3, -0.25) is 4.79 Å². The predicted octanol–water partition coefficient (Wildman–Crippen LogP) is 4.77. The number of thiophene rings is 1. The summed E-state index contributed by atoms with van der Waals surface area (Å²) in [5.74, 6) is -0.735. The molecule has 0 unspecified atom stereocenters. The van der Waals surface area contributed by atoms with E-state index in [-0.39, 0.29) is 16.6 Å². The van der Waals surface area contributed by atoms with E-state index < -0.39 is 17.6 Å². The number of halogens is 4. The zero-order valence-electron chi connectivity index (χ0n) is 10.9. The van der Waals surface area contributed by atoms with Gasteiger partial charge in [-0.25, -0.2) is 0 Å². The van der Waals surface area contributed by atoms with Crippen molar-refractivity contribution in [3.05, 3.63) is 55.7 Å². The lowest BCUT2D eigenvalue weighted by Gasteiger charge is -2.13. The van der Waals surface area contributed by atoms with E-state index in [9.17, 15) is 18.0 Å². The van der Waals surface area contributed by atoms with Gasteiger partial charge in [0, 0.05) is 14.2 Å². The van der Waals surface area contributed by atoms with Crippen LogP contribution in [0.1, 0.15) is 25.7 Å². The number of benzene rings is 1. The van der Waals surface area contributed by atoms with Gasteiger partial charge in [0.05, 0.1) is 17.7 Å². The van der Waals surface area contributed by atoms with Gasteiger partial charge in [-0.15, -0.1) is 11.3 Å². The number of hydrogen-bond acceptors (Lipinski definition) is 2. The predicted molar refractivity (Wildman–Crippen MR) is 79.4 cm³/mol.